The Kier molecular flexibility index (Phi) is 6.57. The summed E-state index contributed by atoms with van der Waals surface area (Å²) < 4.78 is 13.4. The first kappa shape index (κ1) is 19.9. The van der Waals surface area contributed by atoms with Crippen LogP contribution in [0.3, 0.4) is 0 Å². The molecule has 3 rings (SSSR count). The molecule has 0 spiro atoms. The molecule has 1 heterocycles. The van der Waals surface area contributed by atoms with Crippen molar-refractivity contribution < 1.29 is 9.47 Å². The van der Waals surface area contributed by atoms with Crippen LogP contribution in [0.25, 0.3) is 10.9 Å². The molecule has 0 amide bonds. The molecule has 0 aliphatic rings. The quantitative estimate of drug-likeness (QED) is 0.388. The van der Waals surface area contributed by atoms with E-state index in [9.17, 15) is 4.79 Å². The van der Waals surface area contributed by atoms with Gasteiger partial charge in [0.25, 0.3) is 5.56 Å². The molecule has 0 bridgehead atoms. The standard InChI is InChI=1S/C20H21BrN2O3S/c1-13(11-25-2)23-19(24)16-6-4-5-7-17(16)22-20(23)27-12-14-10-15(21)8-9-18(14)26-3/h4-10,13H,11-12H2,1-3H3/t13-/m0/s1. The van der Waals surface area contributed by atoms with E-state index in [0.717, 1.165) is 15.8 Å². The minimum Gasteiger partial charge on any atom is -0.496 e. The summed E-state index contributed by atoms with van der Waals surface area (Å²) in [5.74, 6) is 1.44. The van der Waals surface area contributed by atoms with Crippen molar-refractivity contribution in [3.8, 4) is 5.75 Å². The Morgan fingerprint density at radius 1 is 1.22 bits per heavy atom. The Balaban J connectivity index is 2.03. The fourth-order valence-corrected chi connectivity index (χ4v) is 4.42. The number of aromatic nitrogens is 2. The smallest absolute Gasteiger partial charge is 0.262 e. The van der Waals surface area contributed by atoms with Gasteiger partial charge in [0.1, 0.15) is 5.75 Å². The third-order valence-electron chi connectivity index (χ3n) is 4.22. The fraction of sp³-hybridized carbons (Fsp3) is 0.300. The van der Waals surface area contributed by atoms with Gasteiger partial charge in [-0.25, -0.2) is 4.98 Å². The van der Waals surface area contributed by atoms with Gasteiger partial charge in [0.15, 0.2) is 5.16 Å². The molecule has 1 atom stereocenters. The Bertz CT molecular complexity index is 1010. The summed E-state index contributed by atoms with van der Waals surface area (Å²) in [5.41, 5.74) is 1.69. The zero-order chi connectivity index (χ0) is 19.4. The van der Waals surface area contributed by atoms with Gasteiger partial charge in [0, 0.05) is 22.9 Å². The summed E-state index contributed by atoms with van der Waals surface area (Å²) in [6.07, 6.45) is 0. The summed E-state index contributed by atoms with van der Waals surface area (Å²) in [7, 11) is 3.29. The van der Waals surface area contributed by atoms with Crippen LogP contribution in [0.2, 0.25) is 0 Å². The topological polar surface area (TPSA) is 53.4 Å². The van der Waals surface area contributed by atoms with Crippen molar-refractivity contribution >= 4 is 38.6 Å². The van der Waals surface area contributed by atoms with Gasteiger partial charge in [-0.1, -0.05) is 39.8 Å². The molecule has 27 heavy (non-hydrogen) atoms. The molecular formula is C20H21BrN2O3S. The largest absolute Gasteiger partial charge is 0.496 e. The van der Waals surface area contributed by atoms with Crippen LogP contribution in [0.15, 0.2) is 56.9 Å². The van der Waals surface area contributed by atoms with Crippen LogP contribution >= 0.6 is 27.7 Å². The average molecular weight is 449 g/mol. The second-order valence-electron chi connectivity index (χ2n) is 6.14. The van der Waals surface area contributed by atoms with E-state index in [0.29, 0.717) is 28.4 Å². The predicted molar refractivity (Wildman–Crippen MR) is 113 cm³/mol. The highest BCUT2D eigenvalue weighted by molar-refractivity contribution is 9.10. The van der Waals surface area contributed by atoms with Gasteiger partial charge in [0.05, 0.1) is 30.7 Å². The summed E-state index contributed by atoms with van der Waals surface area (Å²) in [4.78, 5) is 17.8. The minimum absolute atomic E-state index is 0.0474. The monoisotopic (exact) mass is 448 g/mol. The van der Waals surface area contributed by atoms with Gasteiger partial charge < -0.3 is 9.47 Å². The molecular weight excluding hydrogens is 428 g/mol. The van der Waals surface area contributed by atoms with Crippen LogP contribution in [-0.4, -0.2) is 30.4 Å². The van der Waals surface area contributed by atoms with Crippen molar-refractivity contribution in [2.75, 3.05) is 20.8 Å². The van der Waals surface area contributed by atoms with E-state index in [4.69, 9.17) is 14.5 Å². The Morgan fingerprint density at radius 2 is 2.00 bits per heavy atom. The van der Waals surface area contributed by atoms with E-state index in [1.807, 2.05) is 49.4 Å². The van der Waals surface area contributed by atoms with Gasteiger partial charge in [-0.15, -0.1) is 0 Å². The number of hydrogen-bond donors (Lipinski definition) is 0. The van der Waals surface area contributed by atoms with Gasteiger partial charge in [-0.3, -0.25) is 9.36 Å². The number of para-hydroxylation sites is 1. The van der Waals surface area contributed by atoms with E-state index >= 15 is 0 Å². The fourth-order valence-electron chi connectivity index (χ4n) is 2.93. The maximum Gasteiger partial charge on any atom is 0.262 e. The number of hydrogen-bond acceptors (Lipinski definition) is 5. The maximum atomic E-state index is 13.1. The number of halogens is 1. The lowest BCUT2D eigenvalue weighted by Gasteiger charge is -2.19. The second kappa shape index (κ2) is 8.91. The first-order chi connectivity index (χ1) is 13.0. The van der Waals surface area contributed by atoms with Crippen LogP contribution in [0.5, 0.6) is 5.75 Å². The Labute approximate surface area is 170 Å². The number of fused-ring (bicyclic) bond motifs is 1. The molecule has 0 aliphatic carbocycles. The van der Waals surface area contributed by atoms with Gasteiger partial charge in [-0.2, -0.15) is 0 Å². The van der Waals surface area contributed by atoms with Crippen LogP contribution in [0.1, 0.15) is 18.5 Å². The van der Waals surface area contributed by atoms with Crippen molar-refractivity contribution in [1.29, 1.82) is 0 Å². The van der Waals surface area contributed by atoms with Crippen LogP contribution in [0, 0.1) is 0 Å². The molecule has 5 nitrogen and oxygen atoms in total. The van der Waals surface area contributed by atoms with Crippen LogP contribution in [-0.2, 0) is 10.5 Å². The van der Waals surface area contributed by atoms with E-state index in [-0.39, 0.29) is 11.6 Å². The molecule has 1 aromatic heterocycles. The number of nitrogens with zero attached hydrogens (tertiary/aromatic N) is 2. The van der Waals surface area contributed by atoms with E-state index in [1.165, 1.54) is 11.8 Å². The number of methoxy groups -OCH3 is 2. The third kappa shape index (κ3) is 4.36. The molecule has 0 aliphatic heterocycles. The molecule has 2 aromatic carbocycles. The first-order valence-electron chi connectivity index (χ1n) is 8.50. The lowest BCUT2D eigenvalue weighted by atomic mass is 10.2. The molecule has 0 N–H and O–H groups in total. The van der Waals surface area contributed by atoms with Gasteiger partial charge in [0.2, 0.25) is 0 Å². The second-order valence-corrected chi connectivity index (χ2v) is 7.99. The van der Waals surface area contributed by atoms with Gasteiger partial charge in [-0.05, 0) is 37.3 Å². The Hall–Kier alpha value is -1.83. The lowest BCUT2D eigenvalue weighted by molar-refractivity contribution is 0.156. The predicted octanol–water partition coefficient (Wildman–Crippen LogP) is 4.67. The number of benzene rings is 2. The maximum absolute atomic E-state index is 13.1. The van der Waals surface area contributed by atoms with Gasteiger partial charge >= 0.3 is 0 Å². The summed E-state index contributed by atoms with van der Waals surface area (Å²) in [6, 6.07) is 13.2. The molecule has 3 aromatic rings. The van der Waals surface area contributed by atoms with Crippen molar-refractivity contribution in [3.05, 3.63) is 62.9 Å². The molecule has 0 saturated carbocycles. The average Bonchev–Trinajstić information content (AvgIpc) is 2.66. The molecule has 0 saturated heterocycles. The van der Waals surface area contributed by atoms with Crippen LogP contribution < -0.4 is 10.3 Å². The minimum atomic E-state index is -0.119. The Morgan fingerprint density at radius 3 is 2.74 bits per heavy atom. The zero-order valence-electron chi connectivity index (χ0n) is 15.4. The summed E-state index contributed by atoms with van der Waals surface area (Å²) in [5, 5.41) is 1.29. The SMILES string of the molecule is COC[C@H](C)n1c(SCc2cc(Br)ccc2OC)nc2ccccc2c1=O. The van der Waals surface area contributed by atoms with Crippen molar-refractivity contribution in [1.82, 2.24) is 9.55 Å². The van der Waals surface area contributed by atoms with Crippen molar-refractivity contribution in [2.24, 2.45) is 0 Å². The van der Waals surface area contributed by atoms with E-state index in [2.05, 4.69) is 15.9 Å². The number of thioether (sulfide) groups is 1. The van der Waals surface area contributed by atoms with Crippen LogP contribution in [0.4, 0.5) is 0 Å². The zero-order valence-corrected chi connectivity index (χ0v) is 17.8. The lowest BCUT2D eigenvalue weighted by Crippen LogP contribution is -2.28. The molecule has 142 valence electrons. The summed E-state index contributed by atoms with van der Waals surface area (Å²) >= 11 is 5.02. The number of ether oxygens (including phenoxy) is 2. The molecule has 7 heteroatoms. The highest BCUT2D eigenvalue weighted by Gasteiger charge is 2.17. The first-order valence-corrected chi connectivity index (χ1v) is 10.3. The van der Waals surface area contributed by atoms with E-state index < -0.39 is 0 Å². The third-order valence-corrected chi connectivity index (χ3v) is 5.72. The summed E-state index contributed by atoms with van der Waals surface area (Å²) in [6.45, 7) is 2.40. The highest BCUT2D eigenvalue weighted by Crippen LogP contribution is 2.30. The molecule has 0 radical (unpaired) electrons. The molecule has 0 unspecified atom stereocenters. The molecule has 0 fully saturated rings. The van der Waals surface area contributed by atoms with E-state index in [1.54, 1.807) is 18.8 Å². The normalized spacial score (nSPS) is 12.3. The van der Waals surface area contributed by atoms with Crippen molar-refractivity contribution in [2.45, 2.75) is 23.9 Å². The highest BCUT2D eigenvalue weighted by atomic mass is 79.9. The number of rotatable bonds is 7. The van der Waals surface area contributed by atoms with Crippen molar-refractivity contribution in [3.63, 3.8) is 0 Å².